The van der Waals surface area contributed by atoms with Crippen LogP contribution in [0.25, 0.3) is 11.5 Å². The summed E-state index contributed by atoms with van der Waals surface area (Å²) in [6.45, 7) is 6.56. The van der Waals surface area contributed by atoms with E-state index in [4.69, 9.17) is 9.40 Å². The molecule has 0 radical (unpaired) electrons. The predicted octanol–water partition coefficient (Wildman–Crippen LogP) is 2.37. The largest absolute Gasteiger partial charge is 0.463 e. The summed E-state index contributed by atoms with van der Waals surface area (Å²) < 4.78 is 5.38. The Morgan fingerprint density at radius 2 is 2.28 bits per heavy atom. The number of furan rings is 1. The molecule has 4 nitrogen and oxygen atoms in total. The number of nitrogens with zero attached hydrogens (tertiary/aromatic N) is 2. The van der Waals surface area contributed by atoms with Gasteiger partial charge >= 0.3 is 0 Å². The van der Waals surface area contributed by atoms with Crippen molar-refractivity contribution in [3.63, 3.8) is 0 Å². The molecular formula is C13H17N3OS. The third-order valence-electron chi connectivity index (χ3n) is 3.35. The molecule has 1 aliphatic rings. The molecule has 0 bridgehead atoms. The first-order chi connectivity index (χ1) is 8.84. The smallest absolute Gasteiger partial charge is 0.153 e. The average Bonchev–Trinajstić information content (AvgIpc) is 3.09. The molecule has 2 aromatic heterocycles. The highest BCUT2D eigenvalue weighted by atomic mass is 32.1. The lowest BCUT2D eigenvalue weighted by Gasteiger charge is -2.31. The summed E-state index contributed by atoms with van der Waals surface area (Å²) in [4.78, 5) is 7.16. The van der Waals surface area contributed by atoms with Gasteiger partial charge in [-0.25, -0.2) is 4.98 Å². The molecule has 0 saturated carbocycles. The van der Waals surface area contributed by atoms with Crippen LogP contribution >= 0.6 is 11.3 Å². The van der Waals surface area contributed by atoms with Crippen molar-refractivity contribution in [1.29, 1.82) is 0 Å². The molecule has 0 amide bonds. The summed E-state index contributed by atoms with van der Waals surface area (Å²) in [5.74, 6) is 0.852. The molecule has 1 atom stereocenters. The highest BCUT2D eigenvalue weighted by Gasteiger charge is 2.21. The second kappa shape index (κ2) is 5.22. The van der Waals surface area contributed by atoms with Gasteiger partial charge in [0, 0.05) is 31.6 Å². The molecule has 1 saturated heterocycles. The molecular weight excluding hydrogens is 246 g/mol. The fourth-order valence-electron chi connectivity index (χ4n) is 2.24. The third-order valence-corrected chi connectivity index (χ3v) is 4.37. The minimum atomic E-state index is 0.390. The Morgan fingerprint density at radius 3 is 3.00 bits per heavy atom. The first-order valence-corrected chi connectivity index (χ1v) is 7.16. The molecule has 5 heteroatoms. The molecule has 1 unspecified atom stereocenters. The van der Waals surface area contributed by atoms with Gasteiger partial charge in [-0.05, 0) is 19.1 Å². The number of hydrogen-bond donors (Lipinski definition) is 1. The Labute approximate surface area is 111 Å². The van der Waals surface area contributed by atoms with Crippen molar-refractivity contribution < 1.29 is 4.42 Å². The minimum Gasteiger partial charge on any atom is -0.463 e. The van der Waals surface area contributed by atoms with E-state index in [1.807, 2.05) is 12.1 Å². The third kappa shape index (κ3) is 2.34. The lowest BCUT2D eigenvalue weighted by molar-refractivity contribution is 0.185. The van der Waals surface area contributed by atoms with Crippen molar-refractivity contribution in [1.82, 2.24) is 15.2 Å². The van der Waals surface area contributed by atoms with Gasteiger partial charge in [0.25, 0.3) is 0 Å². The van der Waals surface area contributed by atoms with Gasteiger partial charge in [0.05, 0.1) is 12.3 Å². The van der Waals surface area contributed by atoms with E-state index in [1.165, 1.54) is 5.01 Å². The van der Waals surface area contributed by atoms with Gasteiger partial charge < -0.3 is 9.73 Å². The van der Waals surface area contributed by atoms with Crippen molar-refractivity contribution >= 4 is 11.3 Å². The number of nitrogens with one attached hydrogen (secondary N) is 1. The second-order valence-corrected chi connectivity index (χ2v) is 5.40. The molecule has 0 aromatic carbocycles. The van der Waals surface area contributed by atoms with E-state index in [0.29, 0.717) is 6.04 Å². The van der Waals surface area contributed by atoms with Gasteiger partial charge in [0.1, 0.15) is 10.7 Å². The Bertz CT molecular complexity index is 488. The molecule has 2 aromatic rings. The van der Waals surface area contributed by atoms with Crippen molar-refractivity contribution in [2.45, 2.75) is 13.0 Å². The summed E-state index contributed by atoms with van der Waals surface area (Å²) in [7, 11) is 0. The van der Waals surface area contributed by atoms with Crippen molar-refractivity contribution in [2.24, 2.45) is 0 Å². The van der Waals surface area contributed by atoms with Crippen molar-refractivity contribution in [2.75, 3.05) is 26.2 Å². The van der Waals surface area contributed by atoms with Crippen LogP contribution in [0, 0.1) is 0 Å². The van der Waals surface area contributed by atoms with E-state index >= 15 is 0 Å². The molecule has 3 rings (SSSR count). The van der Waals surface area contributed by atoms with Crippen LogP contribution in [0.3, 0.4) is 0 Å². The van der Waals surface area contributed by atoms with E-state index in [-0.39, 0.29) is 0 Å². The Hall–Kier alpha value is -1.17. The Kier molecular flexibility index (Phi) is 3.45. The molecule has 0 aliphatic carbocycles. The maximum Gasteiger partial charge on any atom is 0.153 e. The molecule has 1 aliphatic heterocycles. The first kappa shape index (κ1) is 11.9. The van der Waals surface area contributed by atoms with Crippen LogP contribution < -0.4 is 5.32 Å². The zero-order chi connectivity index (χ0) is 12.4. The van der Waals surface area contributed by atoms with Crippen LogP contribution in [-0.4, -0.2) is 36.1 Å². The van der Waals surface area contributed by atoms with E-state index < -0.39 is 0 Å². The first-order valence-electron chi connectivity index (χ1n) is 6.28. The number of aromatic nitrogens is 1. The van der Waals surface area contributed by atoms with E-state index in [2.05, 4.69) is 22.5 Å². The maximum atomic E-state index is 5.38. The summed E-state index contributed by atoms with van der Waals surface area (Å²) in [5.41, 5.74) is 0.946. The Balaban J connectivity index is 1.76. The van der Waals surface area contributed by atoms with Gasteiger partial charge in [-0.1, -0.05) is 0 Å². The summed E-state index contributed by atoms with van der Waals surface area (Å²) in [5, 5.41) is 6.62. The van der Waals surface area contributed by atoms with Gasteiger partial charge in [-0.3, -0.25) is 4.90 Å². The second-order valence-electron chi connectivity index (χ2n) is 4.51. The molecule has 96 valence electrons. The molecule has 0 spiro atoms. The number of hydrogen-bond acceptors (Lipinski definition) is 5. The Morgan fingerprint density at radius 1 is 1.44 bits per heavy atom. The SMILES string of the molecule is CC(c1nc(-c2ccco2)cs1)N1CCNCC1. The highest BCUT2D eigenvalue weighted by molar-refractivity contribution is 7.10. The molecule has 1 fully saturated rings. The predicted molar refractivity (Wildman–Crippen MR) is 72.7 cm³/mol. The molecule has 1 N–H and O–H groups in total. The normalized spacial score (nSPS) is 18.9. The zero-order valence-corrected chi connectivity index (χ0v) is 11.2. The van der Waals surface area contributed by atoms with Crippen LogP contribution in [-0.2, 0) is 0 Å². The summed E-state index contributed by atoms with van der Waals surface area (Å²) in [6, 6.07) is 4.24. The summed E-state index contributed by atoms with van der Waals surface area (Å²) >= 11 is 1.72. The minimum absolute atomic E-state index is 0.390. The number of thiazole rings is 1. The van der Waals surface area contributed by atoms with Crippen LogP contribution in [0.4, 0.5) is 0 Å². The lowest BCUT2D eigenvalue weighted by atomic mass is 10.2. The van der Waals surface area contributed by atoms with E-state index in [9.17, 15) is 0 Å². The van der Waals surface area contributed by atoms with E-state index in [1.54, 1.807) is 17.6 Å². The van der Waals surface area contributed by atoms with Gasteiger partial charge in [0.15, 0.2) is 5.76 Å². The topological polar surface area (TPSA) is 41.3 Å². The fraction of sp³-hybridized carbons (Fsp3) is 0.462. The highest BCUT2D eigenvalue weighted by Crippen LogP contribution is 2.28. The maximum absolute atomic E-state index is 5.38. The van der Waals surface area contributed by atoms with Crippen LogP contribution in [0.2, 0.25) is 0 Å². The van der Waals surface area contributed by atoms with E-state index in [0.717, 1.165) is 37.6 Å². The van der Waals surface area contributed by atoms with Crippen molar-refractivity contribution in [3.05, 3.63) is 28.8 Å². The van der Waals surface area contributed by atoms with Gasteiger partial charge in [-0.2, -0.15) is 0 Å². The van der Waals surface area contributed by atoms with Gasteiger partial charge in [-0.15, -0.1) is 11.3 Å². The summed E-state index contributed by atoms with van der Waals surface area (Å²) in [6.07, 6.45) is 1.69. The lowest BCUT2D eigenvalue weighted by Crippen LogP contribution is -2.44. The number of piperazine rings is 1. The monoisotopic (exact) mass is 263 g/mol. The number of rotatable bonds is 3. The van der Waals surface area contributed by atoms with Crippen LogP contribution in [0.1, 0.15) is 18.0 Å². The average molecular weight is 263 g/mol. The van der Waals surface area contributed by atoms with Crippen LogP contribution in [0.15, 0.2) is 28.2 Å². The zero-order valence-electron chi connectivity index (χ0n) is 10.4. The van der Waals surface area contributed by atoms with Crippen molar-refractivity contribution in [3.8, 4) is 11.5 Å². The molecule has 18 heavy (non-hydrogen) atoms. The fourth-order valence-corrected chi connectivity index (χ4v) is 3.14. The quantitative estimate of drug-likeness (QED) is 0.923. The van der Waals surface area contributed by atoms with Gasteiger partial charge in [0.2, 0.25) is 0 Å². The molecule has 3 heterocycles. The van der Waals surface area contributed by atoms with Crippen LogP contribution in [0.5, 0.6) is 0 Å². The standard InChI is InChI=1S/C13H17N3OS/c1-10(16-6-4-14-5-7-16)13-15-11(9-18-13)12-3-2-8-17-12/h2-3,8-10,14H,4-7H2,1H3.